The van der Waals surface area contributed by atoms with Crippen LogP contribution >= 0.6 is 11.3 Å². The van der Waals surface area contributed by atoms with Crippen LogP contribution in [0.2, 0.25) is 0 Å². The second-order valence-corrected chi connectivity index (χ2v) is 9.60. The van der Waals surface area contributed by atoms with Gasteiger partial charge in [0, 0.05) is 24.3 Å². The van der Waals surface area contributed by atoms with Gasteiger partial charge in [-0.15, -0.1) is 11.3 Å². The van der Waals surface area contributed by atoms with Crippen molar-refractivity contribution in [1.29, 1.82) is 0 Å². The summed E-state index contributed by atoms with van der Waals surface area (Å²) in [4.78, 5) is 27.5. The number of carbonyl (C=O) groups is 1. The first-order chi connectivity index (χ1) is 15.0. The standard InChI is InChI=1S/C23H25N5O2S/c1-22(15-26-20-27-18(14-31-20)17-6-2-4-12-24-17)8-10-23(11-9-22)16-28(21(29)30-23)19-7-3-5-13-25-19/h2-7,12-14H,8-11,15-16H2,1H3,(H,26,27). The summed E-state index contributed by atoms with van der Waals surface area (Å²) >= 11 is 1.60. The summed E-state index contributed by atoms with van der Waals surface area (Å²) in [6.07, 6.45) is 6.89. The van der Waals surface area contributed by atoms with E-state index >= 15 is 0 Å². The average molecular weight is 436 g/mol. The van der Waals surface area contributed by atoms with Crippen LogP contribution in [0.4, 0.5) is 15.7 Å². The van der Waals surface area contributed by atoms with Crippen LogP contribution in [0.1, 0.15) is 32.6 Å². The molecule has 1 aliphatic heterocycles. The molecule has 0 radical (unpaired) electrons. The molecule has 1 aliphatic carbocycles. The van der Waals surface area contributed by atoms with Crippen LogP contribution in [-0.2, 0) is 4.74 Å². The number of hydrogen-bond donors (Lipinski definition) is 1. The Morgan fingerprint density at radius 3 is 2.55 bits per heavy atom. The largest absolute Gasteiger partial charge is 0.441 e. The minimum Gasteiger partial charge on any atom is -0.441 e. The van der Waals surface area contributed by atoms with Gasteiger partial charge in [0.05, 0.1) is 12.2 Å². The molecule has 3 aromatic rings. The first-order valence-electron chi connectivity index (χ1n) is 10.6. The minimum absolute atomic E-state index is 0.132. The van der Waals surface area contributed by atoms with Gasteiger partial charge in [-0.3, -0.25) is 9.88 Å². The lowest BCUT2D eigenvalue weighted by Gasteiger charge is -2.41. The molecule has 5 rings (SSSR count). The molecular formula is C23H25N5O2S. The van der Waals surface area contributed by atoms with Gasteiger partial charge in [0.2, 0.25) is 0 Å². The van der Waals surface area contributed by atoms with E-state index in [4.69, 9.17) is 4.74 Å². The molecule has 31 heavy (non-hydrogen) atoms. The van der Waals surface area contributed by atoms with Crippen molar-refractivity contribution in [2.75, 3.05) is 23.3 Å². The summed E-state index contributed by atoms with van der Waals surface area (Å²) in [6, 6.07) is 11.4. The Morgan fingerprint density at radius 2 is 1.84 bits per heavy atom. The molecule has 160 valence electrons. The Hall–Kier alpha value is -3.00. The maximum atomic E-state index is 12.5. The topological polar surface area (TPSA) is 80.2 Å². The van der Waals surface area contributed by atoms with Gasteiger partial charge in [0.25, 0.3) is 0 Å². The zero-order valence-electron chi connectivity index (χ0n) is 17.5. The van der Waals surface area contributed by atoms with Crippen LogP contribution in [0, 0.1) is 5.41 Å². The van der Waals surface area contributed by atoms with Gasteiger partial charge in [-0.25, -0.2) is 14.8 Å². The Bertz CT molecular complexity index is 1050. The SMILES string of the molecule is CC1(CNc2nc(-c3ccccn3)cs2)CCC2(CC1)CN(c1ccccn1)C(=O)O2. The van der Waals surface area contributed by atoms with Crippen LogP contribution < -0.4 is 10.2 Å². The van der Waals surface area contributed by atoms with Crippen molar-refractivity contribution in [2.45, 2.75) is 38.2 Å². The highest BCUT2D eigenvalue weighted by molar-refractivity contribution is 7.14. The van der Waals surface area contributed by atoms with Gasteiger partial charge in [-0.2, -0.15) is 0 Å². The molecule has 7 nitrogen and oxygen atoms in total. The van der Waals surface area contributed by atoms with Crippen LogP contribution in [-0.4, -0.2) is 39.7 Å². The number of rotatable bonds is 5. The van der Waals surface area contributed by atoms with E-state index in [1.807, 2.05) is 41.8 Å². The van der Waals surface area contributed by atoms with Gasteiger partial charge >= 0.3 is 6.09 Å². The molecule has 3 aromatic heterocycles. The second kappa shape index (κ2) is 7.92. The summed E-state index contributed by atoms with van der Waals surface area (Å²) in [5.74, 6) is 0.659. The van der Waals surface area contributed by atoms with Crippen molar-refractivity contribution >= 4 is 28.4 Å². The molecule has 1 saturated carbocycles. The van der Waals surface area contributed by atoms with Crippen molar-refractivity contribution in [1.82, 2.24) is 15.0 Å². The molecule has 0 atom stereocenters. The lowest BCUT2D eigenvalue weighted by atomic mass is 9.69. The van der Waals surface area contributed by atoms with Gasteiger partial charge in [-0.05, 0) is 55.4 Å². The predicted molar refractivity (Wildman–Crippen MR) is 121 cm³/mol. The molecule has 4 heterocycles. The number of pyridine rings is 2. The van der Waals surface area contributed by atoms with E-state index in [-0.39, 0.29) is 11.5 Å². The van der Waals surface area contributed by atoms with Crippen LogP contribution in [0.15, 0.2) is 54.2 Å². The fraction of sp³-hybridized carbons (Fsp3) is 0.391. The number of aromatic nitrogens is 3. The normalized spacial score (nSPS) is 25.6. The van der Waals surface area contributed by atoms with E-state index in [9.17, 15) is 4.79 Å². The zero-order chi connectivity index (χ0) is 21.3. The molecule has 2 aliphatic rings. The third-order valence-corrected chi connectivity index (χ3v) is 7.16. The molecule has 0 unspecified atom stereocenters. The van der Waals surface area contributed by atoms with Crippen molar-refractivity contribution < 1.29 is 9.53 Å². The summed E-state index contributed by atoms with van der Waals surface area (Å²) in [7, 11) is 0. The minimum atomic E-state index is -0.401. The molecule has 0 bridgehead atoms. The molecule has 2 fully saturated rings. The number of thiazole rings is 1. The van der Waals surface area contributed by atoms with Gasteiger partial charge in [0.15, 0.2) is 5.13 Å². The van der Waals surface area contributed by atoms with Crippen molar-refractivity contribution in [2.24, 2.45) is 5.41 Å². The van der Waals surface area contributed by atoms with Crippen molar-refractivity contribution in [3.8, 4) is 11.4 Å². The van der Waals surface area contributed by atoms with Gasteiger partial charge in [-0.1, -0.05) is 19.1 Å². The van der Waals surface area contributed by atoms with Crippen LogP contribution in [0.3, 0.4) is 0 Å². The number of nitrogens with one attached hydrogen (secondary N) is 1. The van der Waals surface area contributed by atoms with E-state index < -0.39 is 5.60 Å². The number of nitrogens with zero attached hydrogens (tertiary/aromatic N) is 4. The lowest BCUT2D eigenvalue weighted by Crippen LogP contribution is -2.43. The van der Waals surface area contributed by atoms with E-state index in [1.54, 1.807) is 28.6 Å². The quantitative estimate of drug-likeness (QED) is 0.608. The fourth-order valence-corrected chi connectivity index (χ4v) is 5.04. The number of ether oxygens (including phenoxy) is 1. The highest BCUT2D eigenvalue weighted by atomic mass is 32.1. The fourth-order valence-electron chi connectivity index (χ4n) is 4.34. The highest BCUT2D eigenvalue weighted by Crippen LogP contribution is 2.45. The summed E-state index contributed by atoms with van der Waals surface area (Å²) < 4.78 is 5.87. The molecule has 0 aromatic carbocycles. The summed E-state index contributed by atoms with van der Waals surface area (Å²) in [5, 5.41) is 6.47. The lowest BCUT2D eigenvalue weighted by molar-refractivity contribution is -0.00435. The number of anilines is 2. The Kier molecular flexibility index (Phi) is 5.09. The van der Waals surface area contributed by atoms with Gasteiger partial charge in [0.1, 0.15) is 17.1 Å². The van der Waals surface area contributed by atoms with Crippen LogP contribution in [0.25, 0.3) is 11.4 Å². The van der Waals surface area contributed by atoms with E-state index in [2.05, 4.69) is 27.2 Å². The number of hydrogen-bond acceptors (Lipinski definition) is 7. The Morgan fingerprint density at radius 1 is 1.06 bits per heavy atom. The first kappa shape index (κ1) is 19.9. The molecule has 1 spiro atoms. The van der Waals surface area contributed by atoms with Crippen molar-refractivity contribution in [3.63, 3.8) is 0 Å². The third-order valence-electron chi connectivity index (χ3n) is 6.36. The monoisotopic (exact) mass is 435 g/mol. The Balaban J connectivity index is 1.19. The predicted octanol–water partition coefficient (Wildman–Crippen LogP) is 4.99. The average Bonchev–Trinajstić information content (AvgIpc) is 3.41. The van der Waals surface area contributed by atoms with E-state index in [0.29, 0.717) is 12.4 Å². The second-order valence-electron chi connectivity index (χ2n) is 8.74. The number of carbonyl (C=O) groups excluding carboxylic acids is 1. The highest BCUT2D eigenvalue weighted by Gasteiger charge is 2.50. The third kappa shape index (κ3) is 4.12. The summed E-state index contributed by atoms with van der Waals surface area (Å²) in [6.45, 7) is 3.72. The maximum absolute atomic E-state index is 12.5. The van der Waals surface area contributed by atoms with Crippen LogP contribution in [0.5, 0.6) is 0 Å². The first-order valence-corrected chi connectivity index (χ1v) is 11.4. The molecule has 1 N–H and O–H groups in total. The van der Waals surface area contributed by atoms with E-state index in [0.717, 1.165) is 48.7 Å². The molecule has 1 amide bonds. The smallest absolute Gasteiger partial charge is 0.416 e. The maximum Gasteiger partial charge on any atom is 0.416 e. The van der Waals surface area contributed by atoms with E-state index in [1.165, 1.54) is 0 Å². The van der Waals surface area contributed by atoms with Gasteiger partial charge < -0.3 is 10.1 Å². The number of amides is 1. The van der Waals surface area contributed by atoms with Crippen molar-refractivity contribution in [3.05, 3.63) is 54.2 Å². The Labute approximate surface area is 185 Å². The summed E-state index contributed by atoms with van der Waals surface area (Å²) in [5.41, 5.74) is 1.51. The molecule has 1 saturated heterocycles. The molecule has 8 heteroatoms. The zero-order valence-corrected chi connectivity index (χ0v) is 18.3. The molecular weight excluding hydrogens is 410 g/mol.